The van der Waals surface area contributed by atoms with E-state index in [1.54, 1.807) is 7.11 Å². The van der Waals surface area contributed by atoms with Crippen LogP contribution in [0.3, 0.4) is 0 Å². The smallest absolute Gasteiger partial charge is 0.306 e. The second kappa shape index (κ2) is 12.5. The summed E-state index contributed by atoms with van der Waals surface area (Å²) < 4.78 is 15.2. The van der Waals surface area contributed by atoms with E-state index in [4.69, 9.17) is 19.9 Å². The number of nitrogens with one attached hydrogen (secondary N) is 2. The van der Waals surface area contributed by atoms with E-state index in [-0.39, 0.29) is 37.9 Å². The number of rotatable bonds is 15. The van der Waals surface area contributed by atoms with E-state index in [1.165, 1.54) is 0 Å². The number of amides is 3. The SMILES string of the molecule is COCCOCCOC(=O)C[C@@H](CC1CC1)C(=O)N[C@@H](C[C@@H]1CCNC1=O)C(N)=O. The van der Waals surface area contributed by atoms with E-state index >= 15 is 0 Å². The zero-order valence-electron chi connectivity index (χ0n) is 17.5. The average Bonchev–Trinajstić information content (AvgIpc) is 3.43. The van der Waals surface area contributed by atoms with Crippen LogP contribution in [0.25, 0.3) is 0 Å². The lowest BCUT2D eigenvalue weighted by Crippen LogP contribution is -2.48. The minimum atomic E-state index is -0.946. The lowest BCUT2D eigenvalue weighted by atomic mass is 9.94. The molecule has 0 aromatic heterocycles. The predicted molar refractivity (Wildman–Crippen MR) is 106 cm³/mol. The summed E-state index contributed by atoms with van der Waals surface area (Å²) in [6.45, 7) is 1.77. The van der Waals surface area contributed by atoms with Crippen molar-refractivity contribution in [3.63, 3.8) is 0 Å². The Morgan fingerprint density at radius 3 is 2.47 bits per heavy atom. The van der Waals surface area contributed by atoms with Crippen molar-refractivity contribution in [3.05, 3.63) is 0 Å². The van der Waals surface area contributed by atoms with Gasteiger partial charge in [0.25, 0.3) is 0 Å². The summed E-state index contributed by atoms with van der Waals surface area (Å²) >= 11 is 0. The van der Waals surface area contributed by atoms with Gasteiger partial charge in [0.1, 0.15) is 12.6 Å². The molecule has 1 saturated carbocycles. The molecule has 3 amide bonds. The first-order valence-electron chi connectivity index (χ1n) is 10.5. The monoisotopic (exact) mass is 427 g/mol. The highest BCUT2D eigenvalue weighted by atomic mass is 16.6. The van der Waals surface area contributed by atoms with Crippen molar-refractivity contribution in [1.29, 1.82) is 0 Å². The molecule has 0 spiro atoms. The third kappa shape index (κ3) is 8.66. The number of carbonyl (C=O) groups excluding carboxylic acids is 4. The van der Waals surface area contributed by atoms with Gasteiger partial charge in [-0.1, -0.05) is 12.8 Å². The Kier molecular flexibility index (Phi) is 10.0. The molecule has 1 heterocycles. The largest absolute Gasteiger partial charge is 0.463 e. The van der Waals surface area contributed by atoms with Gasteiger partial charge in [-0.05, 0) is 25.2 Å². The Bertz CT molecular complexity index is 609. The van der Waals surface area contributed by atoms with Crippen LogP contribution in [-0.4, -0.2) is 69.8 Å². The number of carbonyl (C=O) groups is 4. The Labute approximate surface area is 176 Å². The highest BCUT2D eigenvalue weighted by molar-refractivity contribution is 5.90. The summed E-state index contributed by atoms with van der Waals surface area (Å²) in [7, 11) is 1.57. The van der Waals surface area contributed by atoms with Gasteiger partial charge in [0.2, 0.25) is 17.7 Å². The second-order valence-corrected chi connectivity index (χ2v) is 7.88. The molecule has 170 valence electrons. The fraction of sp³-hybridized carbons (Fsp3) is 0.800. The maximum atomic E-state index is 12.8. The van der Waals surface area contributed by atoms with Crippen molar-refractivity contribution in [2.24, 2.45) is 23.5 Å². The summed E-state index contributed by atoms with van der Waals surface area (Å²) in [5, 5.41) is 5.36. The molecule has 2 rings (SSSR count). The van der Waals surface area contributed by atoms with E-state index < -0.39 is 29.7 Å². The van der Waals surface area contributed by atoms with Crippen molar-refractivity contribution in [3.8, 4) is 0 Å². The molecule has 4 N–H and O–H groups in total. The summed E-state index contributed by atoms with van der Waals surface area (Å²) in [4.78, 5) is 48.6. The van der Waals surface area contributed by atoms with Crippen molar-refractivity contribution < 1.29 is 33.4 Å². The molecule has 3 atom stereocenters. The summed E-state index contributed by atoms with van der Waals surface area (Å²) in [5.74, 6) is -2.27. The average molecular weight is 427 g/mol. The highest BCUT2D eigenvalue weighted by Crippen LogP contribution is 2.36. The molecule has 1 aliphatic heterocycles. The zero-order valence-corrected chi connectivity index (χ0v) is 17.5. The van der Waals surface area contributed by atoms with Crippen molar-refractivity contribution >= 4 is 23.7 Å². The van der Waals surface area contributed by atoms with Gasteiger partial charge in [0.15, 0.2) is 0 Å². The number of primary amides is 1. The Hall–Kier alpha value is -2.20. The van der Waals surface area contributed by atoms with Crippen molar-refractivity contribution in [2.75, 3.05) is 40.1 Å². The third-order valence-corrected chi connectivity index (χ3v) is 5.36. The Morgan fingerprint density at radius 1 is 1.13 bits per heavy atom. The maximum absolute atomic E-state index is 12.8. The van der Waals surface area contributed by atoms with Gasteiger partial charge >= 0.3 is 5.97 Å². The highest BCUT2D eigenvalue weighted by Gasteiger charge is 2.35. The number of ether oxygens (including phenoxy) is 3. The first kappa shape index (κ1) is 24.1. The number of methoxy groups -OCH3 is 1. The summed E-state index contributed by atoms with van der Waals surface area (Å²) in [6.07, 6.45) is 3.28. The van der Waals surface area contributed by atoms with Crippen LogP contribution < -0.4 is 16.4 Å². The topological polar surface area (TPSA) is 146 Å². The first-order chi connectivity index (χ1) is 14.4. The Balaban J connectivity index is 1.82. The molecular formula is C20H33N3O7. The van der Waals surface area contributed by atoms with Crippen LogP contribution in [0.5, 0.6) is 0 Å². The van der Waals surface area contributed by atoms with Crippen LogP contribution in [0.4, 0.5) is 0 Å². The first-order valence-corrected chi connectivity index (χ1v) is 10.5. The van der Waals surface area contributed by atoms with Crippen LogP contribution in [0.2, 0.25) is 0 Å². The second-order valence-electron chi connectivity index (χ2n) is 7.88. The van der Waals surface area contributed by atoms with Crippen LogP contribution in [0.15, 0.2) is 0 Å². The molecule has 0 bridgehead atoms. The van der Waals surface area contributed by atoms with Crippen LogP contribution in [0, 0.1) is 17.8 Å². The summed E-state index contributed by atoms with van der Waals surface area (Å²) in [5.41, 5.74) is 5.44. The van der Waals surface area contributed by atoms with E-state index in [0.29, 0.717) is 38.5 Å². The van der Waals surface area contributed by atoms with Crippen LogP contribution >= 0.6 is 0 Å². The molecular weight excluding hydrogens is 394 g/mol. The van der Waals surface area contributed by atoms with Gasteiger partial charge < -0.3 is 30.6 Å². The van der Waals surface area contributed by atoms with Crippen molar-refractivity contribution in [2.45, 2.75) is 44.6 Å². The van der Waals surface area contributed by atoms with Gasteiger partial charge in [-0.2, -0.15) is 0 Å². The molecule has 2 fully saturated rings. The minimum absolute atomic E-state index is 0.0736. The van der Waals surface area contributed by atoms with Gasteiger partial charge in [-0.25, -0.2) is 0 Å². The molecule has 1 saturated heterocycles. The van der Waals surface area contributed by atoms with Gasteiger partial charge in [0, 0.05) is 25.5 Å². The van der Waals surface area contributed by atoms with Crippen LogP contribution in [0.1, 0.15) is 38.5 Å². The molecule has 30 heavy (non-hydrogen) atoms. The van der Waals surface area contributed by atoms with Gasteiger partial charge in [-0.15, -0.1) is 0 Å². The molecule has 1 aliphatic carbocycles. The fourth-order valence-electron chi connectivity index (χ4n) is 3.45. The van der Waals surface area contributed by atoms with E-state index in [0.717, 1.165) is 12.8 Å². The maximum Gasteiger partial charge on any atom is 0.306 e. The molecule has 0 unspecified atom stereocenters. The molecule has 0 aromatic rings. The quantitative estimate of drug-likeness (QED) is 0.236. The van der Waals surface area contributed by atoms with Gasteiger partial charge in [-0.3, -0.25) is 19.2 Å². The number of esters is 1. The molecule has 2 aliphatic rings. The molecule has 0 radical (unpaired) electrons. The normalized spacial score (nSPS) is 20.3. The molecule has 0 aromatic carbocycles. The molecule has 10 heteroatoms. The van der Waals surface area contributed by atoms with E-state index in [1.807, 2.05) is 0 Å². The number of hydrogen-bond acceptors (Lipinski definition) is 7. The fourth-order valence-corrected chi connectivity index (χ4v) is 3.45. The van der Waals surface area contributed by atoms with Crippen LogP contribution in [-0.2, 0) is 33.4 Å². The number of hydrogen-bond donors (Lipinski definition) is 3. The predicted octanol–water partition coefficient (Wildman–Crippen LogP) is -0.505. The minimum Gasteiger partial charge on any atom is -0.463 e. The van der Waals surface area contributed by atoms with Gasteiger partial charge in [0.05, 0.1) is 26.2 Å². The lowest BCUT2D eigenvalue weighted by molar-refractivity contribution is -0.148. The summed E-state index contributed by atoms with van der Waals surface area (Å²) in [6, 6.07) is -0.946. The molecule has 10 nitrogen and oxygen atoms in total. The standard InChI is InChI=1S/C20H33N3O7/c1-28-6-7-29-8-9-30-17(24)12-15(10-13-2-3-13)20(27)23-16(18(21)25)11-14-4-5-22-19(14)26/h13-16H,2-12H2,1H3,(H2,21,25)(H,22,26)(H,23,27)/t14-,15+,16-/m0/s1. The lowest BCUT2D eigenvalue weighted by Gasteiger charge is -2.22. The third-order valence-electron chi connectivity index (χ3n) is 5.36. The number of nitrogens with two attached hydrogens (primary N) is 1. The van der Waals surface area contributed by atoms with E-state index in [2.05, 4.69) is 10.6 Å². The Morgan fingerprint density at radius 2 is 1.87 bits per heavy atom. The zero-order chi connectivity index (χ0) is 21.9. The van der Waals surface area contributed by atoms with Crippen molar-refractivity contribution in [1.82, 2.24) is 10.6 Å². The van der Waals surface area contributed by atoms with E-state index in [9.17, 15) is 19.2 Å².